The van der Waals surface area contributed by atoms with Gasteiger partial charge >= 0.3 is 0 Å². The standard InChI is InChI=1S/C15H14ClN5O2S/c1-19-14-10(5-18-19)15(23)21(8-17-14)7-13(22)20-3-2-11-9(6-20)4-12(16)24-11/h4-5,8H,2-3,6-7H2,1H3. The van der Waals surface area contributed by atoms with Crippen molar-refractivity contribution in [2.24, 2.45) is 7.05 Å². The third-order valence-corrected chi connectivity index (χ3v) is 5.58. The summed E-state index contributed by atoms with van der Waals surface area (Å²) in [5.41, 5.74) is 1.36. The molecule has 0 saturated heterocycles. The zero-order chi connectivity index (χ0) is 16.8. The summed E-state index contributed by atoms with van der Waals surface area (Å²) in [5, 5.41) is 4.44. The summed E-state index contributed by atoms with van der Waals surface area (Å²) in [5.74, 6) is -0.102. The molecule has 1 aliphatic heterocycles. The second-order valence-corrected chi connectivity index (χ2v) is 7.52. The summed E-state index contributed by atoms with van der Waals surface area (Å²) >= 11 is 7.61. The Hall–Kier alpha value is -2.19. The van der Waals surface area contributed by atoms with Crippen LogP contribution in [0.3, 0.4) is 0 Å². The van der Waals surface area contributed by atoms with E-state index in [2.05, 4.69) is 10.1 Å². The van der Waals surface area contributed by atoms with Crippen molar-refractivity contribution in [3.05, 3.63) is 43.7 Å². The Kier molecular flexibility index (Phi) is 3.65. The molecule has 0 fully saturated rings. The van der Waals surface area contributed by atoms with E-state index in [4.69, 9.17) is 11.6 Å². The Morgan fingerprint density at radius 3 is 3.12 bits per heavy atom. The fourth-order valence-electron chi connectivity index (χ4n) is 2.93. The molecule has 9 heteroatoms. The van der Waals surface area contributed by atoms with Gasteiger partial charge in [0, 0.05) is 25.0 Å². The van der Waals surface area contributed by atoms with E-state index < -0.39 is 0 Å². The van der Waals surface area contributed by atoms with Gasteiger partial charge in [-0.25, -0.2) is 4.98 Å². The van der Waals surface area contributed by atoms with Crippen molar-refractivity contribution in [3.63, 3.8) is 0 Å². The molecule has 0 aromatic carbocycles. The van der Waals surface area contributed by atoms with Crippen LogP contribution in [-0.4, -0.2) is 36.7 Å². The maximum Gasteiger partial charge on any atom is 0.264 e. The predicted octanol–water partition coefficient (Wildman–Crippen LogP) is 1.43. The number of thiophene rings is 1. The number of nitrogens with zero attached hydrogens (tertiary/aromatic N) is 5. The van der Waals surface area contributed by atoms with Crippen molar-refractivity contribution in [1.29, 1.82) is 0 Å². The van der Waals surface area contributed by atoms with E-state index in [0.29, 0.717) is 24.1 Å². The quantitative estimate of drug-likeness (QED) is 0.690. The zero-order valence-corrected chi connectivity index (χ0v) is 14.5. The Morgan fingerprint density at radius 2 is 2.29 bits per heavy atom. The Labute approximate surface area is 146 Å². The lowest BCUT2D eigenvalue weighted by Gasteiger charge is -2.27. The fourth-order valence-corrected chi connectivity index (χ4v) is 4.23. The van der Waals surface area contributed by atoms with Crippen LogP contribution in [0.1, 0.15) is 10.4 Å². The van der Waals surface area contributed by atoms with Crippen LogP contribution in [0.15, 0.2) is 23.4 Å². The maximum absolute atomic E-state index is 12.6. The number of halogens is 1. The van der Waals surface area contributed by atoms with Crippen LogP contribution < -0.4 is 5.56 Å². The van der Waals surface area contributed by atoms with Crippen LogP contribution >= 0.6 is 22.9 Å². The Morgan fingerprint density at radius 1 is 1.46 bits per heavy atom. The van der Waals surface area contributed by atoms with Gasteiger partial charge in [-0.2, -0.15) is 5.10 Å². The molecule has 3 aromatic heterocycles. The van der Waals surface area contributed by atoms with Crippen molar-refractivity contribution in [2.45, 2.75) is 19.5 Å². The van der Waals surface area contributed by atoms with Crippen LogP contribution in [0.25, 0.3) is 11.0 Å². The van der Waals surface area contributed by atoms with Crippen LogP contribution in [0, 0.1) is 0 Å². The highest BCUT2D eigenvalue weighted by Crippen LogP contribution is 2.31. The number of carbonyl (C=O) groups excluding carboxylic acids is 1. The third-order valence-electron chi connectivity index (χ3n) is 4.21. The van der Waals surface area contributed by atoms with Gasteiger partial charge in [-0.1, -0.05) is 11.6 Å². The Bertz CT molecular complexity index is 1010. The molecule has 124 valence electrons. The number of hydrogen-bond acceptors (Lipinski definition) is 5. The summed E-state index contributed by atoms with van der Waals surface area (Å²) in [6, 6.07) is 1.91. The smallest absolute Gasteiger partial charge is 0.264 e. The molecule has 0 atom stereocenters. The van der Waals surface area contributed by atoms with Crippen molar-refractivity contribution in [1.82, 2.24) is 24.2 Å². The molecule has 0 unspecified atom stereocenters. The fraction of sp³-hybridized carbons (Fsp3) is 0.333. The normalized spacial score (nSPS) is 14.2. The molecule has 0 radical (unpaired) electrons. The lowest BCUT2D eigenvalue weighted by molar-refractivity contribution is -0.132. The highest BCUT2D eigenvalue weighted by molar-refractivity contribution is 7.16. The average molecular weight is 364 g/mol. The van der Waals surface area contributed by atoms with Crippen LogP contribution in [-0.2, 0) is 31.4 Å². The van der Waals surface area contributed by atoms with Gasteiger partial charge in [0.1, 0.15) is 18.3 Å². The van der Waals surface area contributed by atoms with Crippen LogP contribution in [0.2, 0.25) is 4.34 Å². The van der Waals surface area contributed by atoms with Gasteiger partial charge in [0.05, 0.1) is 10.5 Å². The number of rotatable bonds is 2. The minimum Gasteiger partial charge on any atom is -0.336 e. The van der Waals surface area contributed by atoms with Gasteiger partial charge in [0.2, 0.25) is 5.91 Å². The molecule has 0 spiro atoms. The van der Waals surface area contributed by atoms with Gasteiger partial charge in [0.15, 0.2) is 5.65 Å². The summed E-state index contributed by atoms with van der Waals surface area (Å²) in [7, 11) is 1.72. The third kappa shape index (κ3) is 2.51. The number of aromatic nitrogens is 4. The SMILES string of the molecule is Cn1ncc2c(=O)n(CC(=O)N3CCc4sc(Cl)cc4C3)cnc21. The first-order valence-electron chi connectivity index (χ1n) is 7.45. The van der Waals surface area contributed by atoms with Crippen LogP contribution in [0.4, 0.5) is 0 Å². The summed E-state index contributed by atoms with van der Waals surface area (Å²) in [6.07, 6.45) is 3.68. The summed E-state index contributed by atoms with van der Waals surface area (Å²) in [6.45, 7) is 1.15. The van der Waals surface area contributed by atoms with Gasteiger partial charge in [-0.3, -0.25) is 18.8 Å². The lowest BCUT2D eigenvalue weighted by Crippen LogP contribution is -2.39. The monoisotopic (exact) mass is 363 g/mol. The number of hydrogen-bond donors (Lipinski definition) is 0. The lowest BCUT2D eigenvalue weighted by atomic mass is 10.1. The van der Waals surface area contributed by atoms with Crippen molar-refractivity contribution < 1.29 is 4.79 Å². The highest BCUT2D eigenvalue weighted by Gasteiger charge is 2.23. The van der Waals surface area contributed by atoms with E-state index in [-0.39, 0.29) is 18.0 Å². The molecular formula is C15H14ClN5O2S. The first-order valence-corrected chi connectivity index (χ1v) is 8.64. The first-order chi connectivity index (χ1) is 11.5. The summed E-state index contributed by atoms with van der Waals surface area (Å²) in [4.78, 5) is 32.2. The molecule has 24 heavy (non-hydrogen) atoms. The molecule has 4 heterocycles. The van der Waals surface area contributed by atoms with Gasteiger partial charge in [-0.05, 0) is 18.1 Å². The average Bonchev–Trinajstić information content (AvgIpc) is 3.11. The van der Waals surface area contributed by atoms with Crippen LogP contribution in [0.5, 0.6) is 0 Å². The van der Waals surface area contributed by atoms with E-state index >= 15 is 0 Å². The number of amides is 1. The van der Waals surface area contributed by atoms with E-state index in [1.807, 2.05) is 6.07 Å². The van der Waals surface area contributed by atoms with E-state index in [1.165, 1.54) is 26.7 Å². The van der Waals surface area contributed by atoms with Crippen molar-refractivity contribution in [3.8, 4) is 0 Å². The minimum absolute atomic E-state index is 0.0239. The Balaban J connectivity index is 1.56. The molecule has 3 aromatic rings. The molecule has 0 N–H and O–H groups in total. The van der Waals surface area contributed by atoms with E-state index in [0.717, 1.165) is 16.3 Å². The molecule has 1 amide bonds. The predicted molar refractivity (Wildman–Crippen MR) is 91.2 cm³/mol. The molecule has 1 aliphatic rings. The number of fused-ring (bicyclic) bond motifs is 2. The summed E-state index contributed by atoms with van der Waals surface area (Å²) < 4.78 is 3.62. The molecule has 0 bridgehead atoms. The molecule has 4 rings (SSSR count). The minimum atomic E-state index is -0.252. The molecule has 0 aliphatic carbocycles. The van der Waals surface area contributed by atoms with Gasteiger partial charge in [-0.15, -0.1) is 11.3 Å². The van der Waals surface area contributed by atoms with E-state index in [9.17, 15) is 9.59 Å². The zero-order valence-electron chi connectivity index (χ0n) is 12.9. The van der Waals surface area contributed by atoms with Gasteiger partial charge in [0.25, 0.3) is 5.56 Å². The highest BCUT2D eigenvalue weighted by atomic mass is 35.5. The van der Waals surface area contributed by atoms with Gasteiger partial charge < -0.3 is 4.90 Å². The first kappa shape index (κ1) is 15.3. The second kappa shape index (κ2) is 5.71. The largest absolute Gasteiger partial charge is 0.336 e. The van der Waals surface area contributed by atoms with E-state index in [1.54, 1.807) is 23.3 Å². The van der Waals surface area contributed by atoms with Crippen molar-refractivity contribution >= 4 is 39.9 Å². The molecule has 0 saturated carbocycles. The molecular weight excluding hydrogens is 350 g/mol. The number of aryl methyl sites for hydroxylation is 1. The molecule has 7 nitrogen and oxygen atoms in total. The topological polar surface area (TPSA) is 73.0 Å². The maximum atomic E-state index is 12.6. The van der Waals surface area contributed by atoms with Crippen molar-refractivity contribution in [2.75, 3.05) is 6.54 Å². The number of carbonyl (C=O) groups is 1. The second-order valence-electron chi connectivity index (χ2n) is 5.75.